The number of aromatic nitrogens is 2. The maximum atomic E-state index is 13.4. The number of hydrogen-bond donors (Lipinski definition) is 4. The van der Waals surface area contributed by atoms with Crippen LogP contribution in [0.3, 0.4) is 0 Å². The van der Waals surface area contributed by atoms with Crippen molar-refractivity contribution >= 4 is 33.4 Å². The minimum Gasteiger partial charge on any atom is -0.368 e. The Kier molecular flexibility index (Phi) is 8.83. The van der Waals surface area contributed by atoms with Gasteiger partial charge in [0.15, 0.2) is 0 Å². The van der Waals surface area contributed by atoms with Crippen LogP contribution in [0.2, 0.25) is 0 Å². The number of carbonyl (C=O) groups is 1. The molecule has 0 fully saturated rings. The zero-order valence-corrected chi connectivity index (χ0v) is 20.1. The van der Waals surface area contributed by atoms with Gasteiger partial charge < -0.3 is 16.0 Å². The first-order chi connectivity index (χ1) is 17.0. The van der Waals surface area contributed by atoms with Crippen LogP contribution in [-0.2, 0) is 27.4 Å². The Balaban J connectivity index is 1.71. The van der Waals surface area contributed by atoms with Gasteiger partial charge in [-0.05, 0) is 30.2 Å². The van der Waals surface area contributed by atoms with E-state index >= 15 is 0 Å². The quantitative estimate of drug-likeness (QED) is 0.285. The number of halogens is 3. The van der Waals surface area contributed by atoms with Crippen LogP contribution in [0.1, 0.15) is 18.1 Å². The molecule has 0 bridgehead atoms. The molecule has 1 heterocycles. The van der Waals surface area contributed by atoms with Gasteiger partial charge in [-0.2, -0.15) is 18.2 Å². The third kappa shape index (κ3) is 7.92. The Morgan fingerprint density at radius 2 is 1.75 bits per heavy atom. The standard InChI is InChI=1S/C23H25F3N6O3S/c1-16(33)27-12-13-28-21-20(23(24,25)26)15-29-22(32-21)31-18-8-5-9-19(14-18)36(34,35)30-11-10-17-6-3-2-4-7-17/h2-9,14-15,30H,10-13H2,1H3,(H,27,33)(H2,28,29,31,32). The molecule has 1 amide bonds. The number of hydrogen-bond acceptors (Lipinski definition) is 7. The minimum absolute atomic E-state index is 0.00148. The van der Waals surface area contributed by atoms with Crippen LogP contribution in [-0.4, -0.2) is 43.9 Å². The SMILES string of the molecule is CC(=O)NCCNc1nc(Nc2cccc(S(=O)(=O)NCCc3ccccc3)c2)ncc1C(F)(F)F. The molecule has 0 unspecified atom stereocenters. The molecule has 0 spiro atoms. The molecule has 0 atom stereocenters. The third-order valence-corrected chi connectivity index (χ3v) is 6.29. The van der Waals surface area contributed by atoms with Gasteiger partial charge in [0.1, 0.15) is 11.4 Å². The van der Waals surface area contributed by atoms with Crippen LogP contribution in [0.4, 0.5) is 30.6 Å². The van der Waals surface area contributed by atoms with Crippen molar-refractivity contribution in [1.29, 1.82) is 0 Å². The predicted octanol–water partition coefficient (Wildman–Crippen LogP) is 3.31. The normalized spacial score (nSPS) is 11.7. The van der Waals surface area contributed by atoms with Gasteiger partial charge in [0.2, 0.25) is 21.9 Å². The van der Waals surface area contributed by atoms with E-state index in [1.165, 1.54) is 31.2 Å². The second kappa shape index (κ2) is 11.8. The number of benzene rings is 2. The van der Waals surface area contributed by atoms with E-state index in [9.17, 15) is 26.4 Å². The summed E-state index contributed by atoms with van der Waals surface area (Å²) in [5, 5.41) is 7.74. The summed E-state index contributed by atoms with van der Waals surface area (Å²) in [5.74, 6) is -0.962. The largest absolute Gasteiger partial charge is 0.421 e. The maximum absolute atomic E-state index is 13.4. The number of alkyl halides is 3. The van der Waals surface area contributed by atoms with Crippen LogP contribution >= 0.6 is 0 Å². The van der Waals surface area contributed by atoms with Gasteiger partial charge in [-0.25, -0.2) is 18.1 Å². The minimum atomic E-state index is -4.70. The summed E-state index contributed by atoms with van der Waals surface area (Å²) >= 11 is 0. The monoisotopic (exact) mass is 522 g/mol. The summed E-state index contributed by atoms with van der Waals surface area (Å²) in [7, 11) is -3.83. The van der Waals surface area contributed by atoms with Gasteiger partial charge in [-0.1, -0.05) is 36.4 Å². The van der Waals surface area contributed by atoms with Crippen molar-refractivity contribution in [3.05, 3.63) is 71.9 Å². The Hall–Kier alpha value is -3.71. The molecular formula is C23H25F3N6O3S. The van der Waals surface area contributed by atoms with Crippen molar-refractivity contribution in [2.24, 2.45) is 0 Å². The molecule has 0 saturated heterocycles. The lowest BCUT2D eigenvalue weighted by molar-refractivity contribution is -0.137. The summed E-state index contributed by atoms with van der Waals surface area (Å²) in [6.07, 6.45) is -3.56. The lowest BCUT2D eigenvalue weighted by atomic mass is 10.2. The van der Waals surface area contributed by atoms with E-state index in [1.54, 1.807) is 0 Å². The van der Waals surface area contributed by atoms with Gasteiger partial charge in [-0.3, -0.25) is 4.79 Å². The Morgan fingerprint density at radius 3 is 2.44 bits per heavy atom. The van der Waals surface area contributed by atoms with E-state index in [4.69, 9.17) is 0 Å². The molecule has 0 saturated carbocycles. The van der Waals surface area contributed by atoms with Crippen molar-refractivity contribution in [2.45, 2.75) is 24.4 Å². The molecule has 1 aromatic heterocycles. The van der Waals surface area contributed by atoms with Gasteiger partial charge in [-0.15, -0.1) is 0 Å². The van der Waals surface area contributed by atoms with E-state index in [0.29, 0.717) is 12.6 Å². The zero-order valence-electron chi connectivity index (χ0n) is 19.3. The molecule has 0 aliphatic heterocycles. The molecule has 9 nitrogen and oxygen atoms in total. The van der Waals surface area contributed by atoms with Crippen LogP contribution in [0, 0.1) is 0 Å². The summed E-state index contributed by atoms with van der Waals surface area (Å²) in [6.45, 7) is 1.58. The van der Waals surface area contributed by atoms with E-state index in [-0.39, 0.29) is 42.1 Å². The number of amides is 1. The summed E-state index contributed by atoms with van der Waals surface area (Å²) in [6, 6.07) is 15.2. The lowest BCUT2D eigenvalue weighted by Crippen LogP contribution is -2.27. The van der Waals surface area contributed by atoms with Crippen LogP contribution in [0.15, 0.2) is 65.7 Å². The zero-order chi connectivity index (χ0) is 26.2. The summed E-state index contributed by atoms with van der Waals surface area (Å²) in [4.78, 5) is 18.5. The average molecular weight is 523 g/mol. The number of nitrogens with zero attached hydrogens (tertiary/aromatic N) is 2. The van der Waals surface area contributed by atoms with Crippen LogP contribution < -0.4 is 20.7 Å². The van der Waals surface area contributed by atoms with Gasteiger partial charge in [0.05, 0.1) is 4.90 Å². The molecule has 3 aromatic rings. The highest BCUT2D eigenvalue weighted by molar-refractivity contribution is 7.89. The molecule has 3 rings (SSSR count). The maximum Gasteiger partial charge on any atom is 0.421 e. The Bertz CT molecular complexity index is 1290. The van der Waals surface area contributed by atoms with Gasteiger partial charge >= 0.3 is 6.18 Å². The van der Waals surface area contributed by atoms with Crippen molar-refractivity contribution in [2.75, 3.05) is 30.3 Å². The molecule has 2 aromatic carbocycles. The molecule has 13 heteroatoms. The van der Waals surface area contributed by atoms with Crippen molar-refractivity contribution in [3.8, 4) is 0 Å². The number of sulfonamides is 1. The van der Waals surface area contributed by atoms with E-state index in [2.05, 4.69) is 30.6 Å². The molecule has 0 radical (unpaired) electrons. The fourth-order valence-corrected chi connectivity index (χ4v) is 4.21. The highest BCUT2D eigenvalue weighted by Crippen LogP contribution is 2.34. The average Bonchev–Trinajstić information content (AvgIpc) is 2.82. The lowest BCUT2D eigenvalue weighted by Gasteiger charge is -2.15. The molecule has 0 aliphatic carbocycles. The number of nitrogens with one attached hydrogen (secondary N) is 4. The predicted molar refractivity (Wildman–Crippen MR) is 129 cm³/mol. The number of carbonyl (C=O) groups excluding carboxylic acids is 1. The first-order valence-corrected chi connectivity index (χ1v) is 12.4. The molecule has 4 N–H and O–H groups in total. The topological polar surface area (TPSA) is 125 Å². The van der Waals surface area contributed by atoms with Crippen molar-refractivity contribution in [1.82, 2.24) is 20.0 Å². The molecule has 192 valence electrons. The highest BCUT2D eigenvalue weighted by atomic mass is 32.2. The molecule has 0 aliphatic rings. The van der Waals surface area contributed by atoms with Crippen LogP contribution in [0.25, 0.3) is 0 Å². The Morgan fingerprint density at radius 1 is 1.00 bits per heavy atom. The second-order valence-corrected chi connectivity index (χ2v) is 9.42. The van der Waals surface area contributed by atoms with E-state index in [1.807, 2.05) is 30.3 Å². The smallest absolute Gasteiger partial charge is 0.368 e. The van der Waals surface area contributed by atoms with Crippen molar-refractivity contribution in [3.63, 3.8) is 0 Å². The highest BCUT2D eigenvalue weighted by Gasteiger charge is 2.35. The first kappa shape index (κ1) is 26.9. The fraction of sp³-hybridized carbons (Fsp3) is 0.261. The second-order valence-electron chi connectivity index (χ2n) is 7.65. The third-order valence-electron chi connectivity index (χ3n) is 4.83. The number of anilines is 3. The first-order valence-electron chi connectivity index (χ1n) is 10.9. The molecule has 36 heavy (non-hydrogen) atoms. The Labute approximate surface area is 206 Å². The van der Waals surface area contributed by atoms with Crippen molar-refractivity contribution < 1.29 is 26.4 Å². The van der Waals surface area contributed by atoms with E-state index in [0.717, 1.165) is 5.56 Å². The van der Waals surface area contributed by atoms with E-state index < -0.39 is 27.6 Å². The summed E-state index contributed by atoms with van der Waals surface area (Å²) < 4.78 is 68.0. The fourth-order valence-electron chi connectivity index (χ4n) is 3.13. The van der Waals surface area contributed by atoms with Crippen LogP contribution in [0.5, 0.6) is 0 Å². The van der Waals surface area contributed by atoms with Gasteiger partial charge in [0, 0.05) is 38.4 Å². The van der Waals surface area contributed by atoms with Gasteiger partial charge in [0.25, 0.3) is 0 Å². The number of rotatable bonds is 11. The summed E-state index contributed by atoms with van der Waals surface area (Å²) in [5.41, 5.74) is 0.177. The molecular weight excluding hydrogens is 497 g/mol.